The Hall–Kier alpha value is -3.86. The smallest absolute Gasteiger partial charge is 0.254 e. The van der Waals surface area contributed by atoms with Crippen molar-refractivity contribution in [1.82, 2.24) is 9.80 Å². The molecule has 2 aliphatic rings. The molecule has 1 amide bonds. The van der Waals surface area contributed by atoms with E-state index in [2.05, 4.69) is 82.8 Å². The Labute approximate surface area is 251 Å². The summed E-state index contributed by atoms with van der Waals surface area (Å²) in [4.78, 5) is 23.2. The summed E-state index contributed by atoms with van der Waals surface area (Å²) in [5, 5.41) is 9.51. The van der Waals surface area contributed by atoms with Gasteiger partial charge in [-0.1, -0.05) is 36.4 Å². The Kier molecular flexibility index (Phi) is 9.46. The van der Waals surface area contributed by atoms with E-state index in [9.17, 15) is 10.1 Å². The Balaban J connectivity index is 1.24. The van der Waals surface area contributed by atoms with Crippen molar-refractivity contribution in [2.75, 3.05) is 62.2 Å². The summed E-state index contributed by atoms with van der Waals surface area (Å²) in [6.07, 6.45) is 1.96. The number of anilines is 2. The second-order valence-corrected chi connectivity index (χ2v) is 11.8. The molecule has 2 aliphatic heterocycles. The summed E-state index contributed by atoms with van der Waals surface area (Å²) in [6.45, 7) is 13.9. The number of nitrogens with zero attached hydrogens (tertiary/aromatic N) is 5. The molecule has 3 aromatic carbocycles. The SMILES string of the molecule is Cc1cc(C)c(C(=O)N2CCN(c3ccccc3CCCN)CC2C)cc1CN1CCN(c2ccccc2C#N)CC1. The fourth-order valence-electron chi connectivity index (χ4n) is 6.49. The molecular weight excluding hydrogens is 520 g/mol. The summed E-state index contributed by atoms with van der Waals surface area (Å²) < 4.78 is 0. The van der Waals surface area contributed by atoms with Crippen LogP contribution >= 0.6 is 0 Å². The molecule has 0 bridgehead atoms. The van der Waals surface area contributed by atoms with Crippen LogP contribution in [-0.2, 0) is 13.0 Å². The minimum absolute atomic E-state index is 0.113. The third kappa shape index (κ3) is 6.46. The number of amides is 1. The number of benzene rings is 3. The van der Waals surface area contributed by atoms with Crippen LogP contribution in [0.25, 0.3) is 0 Å². The van der Waals surface area contributed by atoms with Gasteiger partial charge in [-0.3, -0.25) is 9.69 Å². The number of carbonyl (C=O) groups is 1. The van der Waals surface area contributed by atoms with E-state index in [0.717, 1.165) is 81.0 Å². The number of nitrogens with two attached hydrogens (primary N) is 1. The van der Waals surface area contributed by atoms with Crippen molar-refractivity contribution < 1.29 is 4.79 Å². The van der Waals surface area contributed by atoms with Gasteiger partial charge in [0, 0.05) is 69.7 Å². The van der Waals surface area contributed by atoms with Gasteiger partial charge in [-0.15, -0.1) is 0 Å². The van der Waals surface area contributed by atoms with Crippen molar-refractivity contribution in [3.8, 4) is 6.07 Å². The van der Waals surface area contributed by atoms with Gasteiger partial charge < -0.3 is 20.4 Å². The van der Waals surface area contributed by atoms with Crippen LogP contribution in [0.5, 0.6) is 0 Å². The first-order valence-electron chi connectivity index (χ1n) is 15.3. The van der Waals surface area contributed by atoms with E-state index in [1.165, 1.54) is 22.4 Å². The Morgan fingerprint density at radius 1 is 0.881 bits per heavy atom. The minimum atomic E-state index is 0.113. The lowest BCUT2D eigenvalue weighted by molar-refractivity contribution is 0.0673. The molecule has 1 unspecified atom stereocenters. The largest absolute Gasteiger partial charge is 0.368 e. The lowest BCUT2D eigenvalue weighted by Gasteiger charge is -2.42. The summed E-state index contributed by atoms with van der Waals surface area (Å²) >= 11 is 0. The molecule has 220 valence electrons. The highest BCUT2D eigenvalue weighted by atomic mass is 16.2. The maximum Gasteiger partial charge on any atom is 0.254 e. The molecule has 0 radical (unpaired) electrons. The van der Waals surface area contributed by atoms with Crippen molar-refractivity contribution in [1.29, 1.82) is 5.26 Å². The van der Waals surface area contributed by atoms with Crippen LogP contribution in [0.3, 0.4) is 0 Å². The van der Waals surface area contributed by atoms with Crippen molar-refractivity contribution in [2.45, 2.75) is 46.2 Å². The number of carbonyl (C=O) groups excluding carboxylic acids is 1. The second kappa shape index (κ2) is 13.4. The van der Waals surface area contributed by atoms with E-state index < -0.39 is 0 Å². The van der Waals surface area contributed by atoms with Crippen LogP contribution < -0.4 is 15.5 Å². The van der Waals surface area contributed by atoms with E-state index >= 15 is 0 Å². The first-order valence-corrected chi connectivity index (χ1v) is 15.3. The fraction of sp³-hybridized carbons (Fsp3) is 0.429. The van der Waals surface area contributed by atoms with Crippen LogP contribution in [0.2, 0.25) is 0 Å². The normalized spacial score (nSPS) is 17.8. The van der Waals surface area contributed by atoms with Gasteiger partial charge in [-0.2, -0.15) is 5.26 Å². The van der Waals surface area contributed by atoms with E-state index in [4.69, 9.17) is 5.73 Å². The van der Waals surface area contributed by atoms with E-state index in [1.54, 1.807) is 0 Å². The lowest BCUT2D eigenvalue weighted by Crippen LogP contribution is -2.54. The number of piperazine rings is 2. The average molecular weight is 565 g/mol. The third-order valence-corrected chi connectivity index (χ3v) is 8.92. The molecule has 2 heterocycles. The molecule has 5 rings (SSSR count). The number of hydrogen-bond acceptors (Lipinski definition) is 6. The average Bonchev–Trinajstić information content (AvgIpc) is 3.01. The van der Waals surface area contributed by atoms with Gasteiger partial charge in [0.25, 0.3) is 5.91 Å². The van der Waals surface area contributed by atoms with Gasteiger partial charge in [0.1, 0.15) is 6.07 Å². The zero-order valence-electron chi connectivity index (χ0n) is 25.4. The van der Waals surface area contributed by atoms with Crippen LogP contribution in [-0.4, -0.2) is 74.1 Å². The lowest BCUT2D eigenvalue weighted by atomic mass is 9.97. The van der Waals surface area contributed by atoms with Crippen LogP contribution in [0, 0.1) is 25.2 Å². The second-order valence-electron chi connectivity index (χ2n) is 11.8. The molecule has 2 fully saturated rings. The van der Waals surface area contributed by atoms with Gasteiger partial charge in [0.2, 0.25) is 0 Å². The highest BCUT2D eigenvalue weighted by Gasteiger charge is 2.30. The topological polar surface area (TPSA) is 79.8 Å². The number of rotatable bonds is 8. The summed E-state index contributed by atoms with van der Waals surface area (Å²) in [7, 11) is 0. The molecule has 2 N–H and O–H groups in total. The standard InChI is InChI=1S/C35H44N6O/c1-26-21-27(2)32(22-31(26)25-38-15-17-39(18-16-38)34-13-7-5-10-30(34)23-37)35(42)41-20-19-40(24-28(41)3)33-12-6-4-9-29(33)11-8-14-36/h4-7,9-10,12-13,21-22,28H,8,11,14-20,24-25,36H2,1-3H3. The van der Waals surface area contributed by atoms with Crippen molar-refractivity contribution in [3.05, 3.63) is 94.0 Å². The predicted octanol–water partition coefficient (Wildman–Crippen LogP) is 4.74. The Morgan fingerprint density at radius 3 is 2.29 bits per heavy atom. The summed E-state index contributed by atoms with van der Waals surface area (Å²) in [6, 6.07) is 23.2. The maximum atomic E-state index is 13.9. The zero-order chi connectivity index (χ0) is 29.6. The molecule has 2 saturated heterocycles. The number of aryl methyl sites for hydroxylation is 3. The molecule has 1 atom stereocenters. The van der Waals surface area contributed by atoms with Crippen molar-refractivity contribution >= 4 is 17.3 Å². The maximum absolute atomic E-state index is 13.9. The van der Waals surface area contributed by atoms with Gasteiger partial charge in [0.05, 0.1) is 11.3 Å². The van der Waals surface area contributed by atoms with Crippen molar-refractivity contribution in [2.24, 2.45) is 5.73 Å². The zero-order valence-corrected chi connectivity index (χ0v) is 25.4. The number of nitriles is 1. The number of hydrogen-bond donors (Lipinski definition) is 1. The van der Waals surface area contributed by atoms with E-state index in [-0.39, 0.29) is 11.9 Å². The molecule has 0 aliphatic carbocycles. The first-order chi connectivity index (χ1) is 20.4. The summed E-state index contributed by atoms with van der Waals surface area (Å²) in [5.41, 5.74) is 14.5. The Morgan fingerprint density at radius 2 is 1.57 bits per heavy atom. The van der Waals surface area contributed by atoms with Crippen molar-refractivity contribution in [3.63, 3.8) is 0 Å². The molecule has 7 heteroatoms. The van der Waals surface area contributed by atoms with Gasteiger partial charge in [-0.25, -0.2) is 0 Å². The molecule has 42 heavy (non-hydrogen) atoms. The minimum Gasteiger partial charge on any atom is -0.368 e. The predicted molar refractivity (Wildman–Crippen MR) is 171 cm³/mol. The third-order valence-electron chi connectivity index (χ3n) is 8.92. The monoisotopic (exact) mass is 564 g/mol. The Bertz CT molecular complexity index is 1440. The van der Waals surface area contributed by atoms with Crippen LogP contribution in [0.1, 0.15) is 51.5 Å². The molecular formula is C35H44N6O. The molecule has 0 spiro atoms. The molecule has 0 saturated carbocycles. The van der Waals surface area contributed by atoms with Crippen LogP contribution in [0.15, 0.2) is 60.7 Å². The highest BCUT2D eigenvalue weighted by Crippen LogP contribution is 2.27. The van der Waals surface area contributed by atoms with Gasteiger partial charge in [0.15, 0.2) is 0 Å². The quantitative estimate of drug-likeness (QED) is 0.426. The summed E-state index contributed by atoms with van der Waals surface area (Å²) in [5.74, 6) is 0.134. The van der Waals surface area contributed by atoms with Crippen LogP contribution in [0.4, 0.5) is 11.4 Å². The molecule has 0 aromatic heterocycles. The first kappa shape index (κ1) is 29.6. The molecule has 7 nitrogen and oxygen atoms in total. The molecule has 3 aromatic rings. The number of para-hydroxylation sites is 2. The van der Waals surface area contributed by atoms with Gasteiger partial charge in [-0.05, 0) is 86.7 Å². The fourth-order valence-corrected chi connectivity index (χ4v) is 6.49. The van der Waals surface area contributed by atoms with E-state index in [1.807, 2.05) is 24.3 Å². The van der Waals surface area contributed by atoms with Gasteiger partial charge >= 0.3 is 0 Å². The van der Waals surface area contributed by atoms with E-state index in [0.29, 0.717) is 13.1 Å². The highest BCUT2D eigenvalue weighted by molar-refractivity contribution is 5.96.